The molecule has 98 valence electrons. The molecule has 1 saturated heterocycles. The molecule has 0 radical (unpaired) electrons. The quantitative estimate of drug-likeness (QED) is 0.760. The van der Waals surface area contributed by atoms with Crippen LogP contribution in [0, 0.1) is 5.92 Å². The normalized spacial score (nSPS) is 24.4. The van der Waals surface area contributed by atoms with E-state index >= 15 is 0 Å². The fourth-order valence-corrected chi connectivity index (χ4v) is 2.91. The summed E-state index contributed by atoms with van der Waals surface area (Å²) in [5.41, 5.74) is 0.747. The summed E-state index contributed by atoms with van der Waals surface area (Å²) in [5, 5.41) is 0. The summed E-state index contributed by atoms with van der Waals surface area (Å²) in [6.07, 6.45) is 3.69. The molecule has 0 amide bonds. The highest BCUT2D eigenvalue weighted by atomic mass is 16.1. The highest BCUT2D eigenvalue weighted by molar-refractivity contribution is 5.68. The maximum atomic E-state index is 11.6. The Morgan fingerprint density at radius 3 is 2.72 bits per heavy atom. The van der Waals surface area contributed by atoms with E-state index in [1.807, 2.05) is 18.2 Å². The van der Waals surface area contributed by atoms with Crippen molar-refractivity contribution in [3.63, 3.8) is 0 Å². The zero-order chi connectivity index (χ0) is 13.0. The average molecular weight is 245 g/mol. The molecule has 1 aliphatic rings. The van der Waals surface area contributed by atoms with Gasteiger partial charge in [-0.15, -0.1) is 0 Å². The predicted octanol–water partition coefficient (Wildman–Crippen LogP) is 2.88. The molecule has 0 aliphatic carbocycles. The van der Waals surface area contributed by atoms with Gasteiger partial charge in [0.05, 0.1) is 5.41 Å². The van der Waals surface area contributed by atoms with Crippen LogP contribution in [0.4, 0.5) is 0 Å². The maximum absolute atomic E-state index is 11.6. The summed E-state index contributed by atoms with van der Waals surface area (Å²) in [6.45, 7) is 7.43. The molecule has 2 atom stereocenters. The second kappa shape index (κ2) is 5.66. The van der Waals surface area contributed by atoms with Gasteiger partial charge in [0.1, 0.15) is 6.29 Å². The second-order valence-electron chi connectivity index (χ2n) is 5.88. The first-order valence-corrected chi connectivity index (χ1v) is 6.88. The van der Waals surface area contributed by atoms with Crippen molar-refractivity contribution in [3.05, 3.63) is 35.9 Å². The molecule has 2 rings (SSSR count). The largest absolute Gasteiger partial charge is 0.302 e. The number of hydrogen-bond acceptors (Lipinski definition) is 2. The molecule has 0 spiro atoms. The number of piperidine rings is 1. The Hall–Kier alpha value is -1.15. The van der Waals surface area contributed by atoms with Crippen LogP contribution in [-0.4, -0.2) is 30.8 Å². The molecule has 0 saturated carbocycles. The van der Waals surface area contributed by atoms with Crippen molar-refractivity contribution in [2.45, 2.75) is 32.1 Å². The number of carbonyl (C=O) groups is 1. The number of aldehydes is 1. The fraction of sp³-hybridized carbons (Fsp3) is 0.562. The SMILES string of the molecule is CC1CCCN(CC(C)(C=O)c2ccccc2)C1. The van der Waals surface area contributed by atoms with E-state index in [1.54, 1.807) is 0 Å². The van der Waals surface area contributed by atoms with E-state index in [9.17, 15) is 4.79 Å². The van der Waals surface area contributed by atoms with Gasteiger partial charge in [-0.25, -0.2) is 0 Å². The number of nitrogens with zero attached hydrogens (tertiary/aromatic N) is 1. The number of benzene rings is 1. The van der Waals surface area contributed by atoms with E-state index in [0.717, 1.165) is 37.4 Å². The molecule has 1 aliphatic heterocycles. The van der Waals surface area contributed by atoms with Crippen LogP contribution in [0.5, 0.6) is 0 Å². The van der Waals surface area contributed by atoms with Gasteiger partial charge in [0.25, 0.3) is 0 Å². The van der Waals surface area contributed by atoms with Gasteiger partial charge < -0.3 is 9.69 Å². The Bertz CT molecular complexity index is 389. The van der Waals surface area contributed by atoms with Crippen LogP contribution in [0.15, 0.2) is 30.3 Å². The molecule has 2 heteroatoms. The summed E-state index contributed by atoms with van der Waals surface area (Å²) in [6, 6.07) is 10.1. The van der Waals surface area contributed by atoms with Gasteiger partial charge in [0, 0.05) is 13.1 Å². The number of carbonyl (C=O) groups excluding carboxylic acids is 1. The van der Waals surface area contributed by atoms with Gasteiger partial charge in [-0.1, -0.05) is 37.3 Å². The van der Waals surface area contributed by atoms with Crippen molar-refractivity contribution in [2.75, 3.05) is 19.6 Å². The lowest BCUT2D eigenvalue weighted by atomic mass is 9.82. The molecule has 1 aromatic carbocycles. The molecule has 18 heavy (non-hydrogen) atoms. The van der Waals surface area contributed by atoms with Crippen LogP contribution in [-0.2, 0) is 10.2 Å². The molecular formula is C16H23NO. The molecule has 0 bridgehead atoms. The van der Waals surface area contributed by atoms with Crippen LogP contribution in [0.1, 0.15) is 32.3 Å². The Morgan fingerprint density at radius 2 is 2.11 bits per heavy atom. The molecule has 2 unspecified atom stereocenters. The van der Waals surface area contributed by atoms with E-state index in [-0.39, 0.29) is 5.41 Å². The molecule has 1 heterocycles. The highest BCUT2D eigenvalue weighted by Crippen LogP contribution is 2.25. The van der Waals surface area contributed by atoms with Gasteiger partial charge in [-0.05, 0) is 37.8 Å². The van der Waals surface area contributed by atoms with Gasteiger partial charge in [0.2, 0.25) is 0 Å². The Balaban J connectivity index is 2.11. The third kappa shape index (κ3) is 2.99. The Labute approximate surface area is 110 Å². The lowest BCUT2D eigenvalue weighted by Gasteiger charge is -2.36. The van der Waals surface area contributed by atoms with Crippen LogP contribution in [0.2, 0.25) is 0 Å². The van der Waals surface area contributed by atoms with Crippen LogP contribution >= 0.6 is 0 Å². The van der Waals surface area contributed by atoms with Crippen LogP contribution in [0.3, 0.4) is 0 Å². The first-order chi connectivity index (χ1) is 8.64. The van der Waals surface area contributed by atoms with Crippen LogP contribution in [0.25, 0.3) is 0 Å². The van der Waals surface area contributed by atoms with Crippen molar-refractivity contribution in [3.8, 4) is 0 Å². The minimum atomic E-state index is -0.377. The molecule has 0 aromatic heterocycles. The van der Waals surface area contributed by atoms with E-state index in [2.05, 4.69) is 30.9 Å². The maximum Gasteiger partial charge on any atom is 0.131 e. The predicted molar refractivity (Wildman–Crippen MR) is 74.7 cm³/mol. The Kier molecular flexibility index (Phi) is 4.18. The van der Waals surface area contributed by atoms with Crippen molar-refractivity contribution in [1.29, 1.82) is 0 Å². The summed E-state index contributed by atoms with van der Waals surface area (Å²) >= 11 is 0. The van der Waals surface area contributed by atoms with E-state index in [1.165, 1.54) is 12.8 Å². The van der Waals surface area contributed by atoms with Crippen molar-refractivity contribution in [2.24, 2.45) is 5.92 Å². The molecule has 1 aromatic rings. The number of rotatable bonds is 4. The third-order valence-electron chi connectivity index (χ3n) is 3.99. The lowest BCUT2D eigenvalue weighted by Crippen LogP contribution is -2.44. The lowest BCUT2D eigenvalue weighted by molar-refractivity contribution is -0.113. The molecular weight excluding hydrogens is 222 g/mol. The minimum Gasteiger partial charge on any atom is -0.302 e. The average Bonchev–Trinajstić information content (AvgIpc) is 2.39. The monoisotopic (exact) mass is 245 g/mol. The minimum absolute atomic E-state index is 0.377. The third-order valence-corrected chi connectivity index (χ3v) is 3.99. The molecule has 1 fully saturated rings. The van der Waals surface area contributed by atoms with E-state index in [0.29, 0.717) is 0 Å². The van der Waals surface area contributed by atoms with Gasteiger partial charge >= 0.3 is 0 Å². The molecule has 0 N–H and O–H groups in total. The summed E-state index contributed by atoms with van der Waals surface area (Å²) in [5.74, 6) is 0.755. The second-order valence-corrected chi connectivity index (χ2v) is 5.88. The number of likely N-dealkylation sites (tertiary alicyclic amines) is 1. The summed E-state index contributed by atoms with van der Waals surface area (Å²) in [7, 11) is 0. The van der Waals surface area contributed by atoms with Gasteiger partial charge in [0.15, 0.2) is 0 Å². The first kappa shape index (κ1) is 13.3. The topological polar surface area (TPSA) is 20.3 Å². The van der Waals surface area contributed by atoms with Crippen molar-refractivity contribution in [1.82, 2.24) is 4.90 Å². The Morgan fingerprint density at radius 1 is 1.39 bits per heavy atom. The molecule has 2 nitrogen and oxygen atoms in total. The zero-order valence-corrected chi connectivity index (χ0v) is 11.4. The first-order valence-electron chi connectivity index (χ1n) is 6.88. The fourth-order valence-electron chi connectivity index (χ4n) is 2.91. The van der Waals surface area contributed by atoms with Crippen LogP contribution < -0.4 is 0 Å². The van der Waals surface area contributed by atoms with Crippen molar-refractivity contribution >= 4 is 6.29 Å². The van der Waals surface area contributed by atoms with E-state index in [4.69, 9.17) is 0 Å². The van der Waals surface area contributed by atoms with E-state index < -0.39 is 0 Å². The number of hydrogen-bond donors (Lipinski definition) is 0. The zero-order valence-electron chi connectivity index (χ0n) is 11.4. The summed E-state index contributed by atoms with van der Waals surface area (Å²) < 4.78 is 0. The van der Waals surface area contributed by atoms with Crippen molar-refractivity contribution < 1.29 is 4.79 Å². The standard InChI is InChI=1S/C16H23NO/c1-14-7-6-10-17(11-14)12-16(2,13-18)15-8-4-3-5-9-15/h3-5,8-9,13-14H,6-7,10-12H2,1-2H3. The summed E-state index contributed by atoms with van der Waals surface area (Å²) in [4.78, 5) is 14.0. The van der Waals surface area contributed by atoms with Gasteiger partial charge in [-0.2, -0.15) is 0 Å². The van der Waals surface area contributed by atoms with Gasteiger partial charge in [-0.3, -0.25) is 0 Å². The highest BCUT2D eigenvalue weighted by Gasteiger charge is 2.30. The smallest absolute Gasteiger partial charge is 0.131 e.